The average Bonchev–Trinajstić information content (AvgIpc) is 2.95. The Bertz CT molecular complexity index is 266. The summed E-state index contributed by atoms with van der Waals surface area (Å²) in [7, 11) is 0. The van der Waals surface area contributed by atoms with Gasteiger partial charge in [-0.3, -0.25) is 4.99 Å². The van der Waals surface area contributed by atoms with Crippen LogP contribution in [0.25, 0.3) is 0 Å². The Morgan fingerprint density at radius 3 is 2.82 bits per heavy atom. The molecular weight excluding hydrogens is 214 g/mol. The zero-order valence-electron chi connectivity index (χ0n) is 10.9. The van der Waals surface area contributed by atoms with E-state index in [1.807, 2.05) is 0 Å². The highest BCUT2D eigenvalue weighted by molar-refractivity contribution is 5.77. The molecule has 2 aliphatic rings. The molecule has 2 rings (SSSR count). The van der Waals surface area contributed by atoms with Crippen molar-refractivity contribution in [2.45, 2.75) is 51.6 Å². The van der Waals surface area contributed by atoms with Gasteiger partial charge in [-0.15, -0.1) is 0 Å². The zero-order valence-corrected chi connectivity index (χ0v) is 10.9. The van der Waals surface area contributed by atoms with Crippen LogP contribution in [-0.4, -0.2) is 31.8 Å². The Hall–Kier alpha value is -0.770. The molecule has 1 heterocycles. The van der Waals surface area contributed by atoms with Crippen LogP contribution < -0.4 is 11.1 Å². The van der Waals surface area contributed by atoms with Gasteiger partial charge in [0.05, 0.1) is 6.10 Å². The van der Waals surface area contributed by atoms with E-state index in [1.54, 1.807) is 0 Å². The van der Waals surface area contributed by atoms with Crippen LogP contribution in [-0.2, 0) is 4.74 Å². The van der Waals surface area contributed by atoms with Crippen molar-refractivity contribution in [2.75, 3.05) is 19.7 Å². The number of nitrogens with zero attached hydrogens (tertiary/aromatic N) is 1. The minimum atomic E-state index is 0.325. The number of hydrogen-bond donors (Lipinski definition) is 2. The van der Waals surface area contributed by atoms with Crippen molar-refractivity contribution in [1.82, 2.24) is 5.32 Å². The molecule has 3 N–H and O–H groups in total. The molecule has 2 fully saturated rings. The van der Waals surface area contributed by atoms with E-state index in [1.165, 1.54) is 32.1 Å². The van der Waals surface area contributed by atoms with Crippen molar-refractivity contribution in [2.24, 2.45) is 16.1 Å². The molecule has 0 radical (unpaired) electrons. The van der Waals surface area contributed by atoms with E-state index in [2.05, 4.69) is 17.2 Å². The fourth-order valence-electron chi connectivity index (χ4n) is 2.74. The molecule has 0 amide bonds. The third-order valence-electron chi connectivity index (χ3n) is 3.98. The highest BCUT2D eigenvalue weighted by atomic mass is 16.5. The number of rotatable bonds is 4. The zero-order chi connectivity index (χ0) is 12.1. The number of nitrogens with one attached hydrogen (secondary N) is 1. The van der Waals surface area contributed by atoms with Crippen molar-refractivity contribution >= 4 is 5.96 Å². The minimum absolute atomic E-state index is 0.325. The molecule has 1 aliphatic heterocycles. The summed E-state index contributed by atoms with van der Waals surface area (Å²) in [6, 6.07) is 0. The molecule has 1 unspecified atom stereocenters. The van der Waals surface area contributed by atoms with Crippen LogP contribution in [0.15, 0.2) is 4.99 Å². The second kappa shape index (κ2) is 5.71. The van der Waals surface area contributed by atoms with Crippen LogP contribution in [0.2, 0.25) is 0 Å². The van der Waals surface area contributed by atoms with Crippen LogP contribution in [0, 0.1) is 5.41 Å². The maximum Gasteiger partial charge on any atom is 0.188 e. The van der Waals surface area contributed by atoms with Crippen LogP contribution in [0.4, 0.5) is 0 Å². The second-order valence-electron chi connectivity index (χ2n) is 5.74. The molecule has 0 bridgehead atoms. The average molecular weight is 239 g/mol. The first-order chi connectivity index (χ1) is 8.18. The third-order valence-corrected chi connectivity index (χ3v) is 3.98. The Balaban J connectivity index is 1.69. The fraction of sp³-hybridized carbons (Fsp3) is 0.923. The van der Waals surface area contributed by atoms with E-state index in [4.69, 9.17) is 10.5 Å². The van der Waals surface area contributed by atoms with Crippen LogP contribution in [0.1, 0.15) is 45.4 Å². The fourth-order valence-corrected chi connectivity index (χ4v) is 2.74. The summed E-state index contributed by atoms with van der Waals surface area (Å²) in [5.74, 6) is 0.577. The Morgan fingerprint density at radius 2 is 2.18 bits per heavy atom. The highest BCUT2D eigenvalue weighted by Crippen LogP contribution is 2.37. The lowest BCUT2D eigenvalue weighted by atomic mass is 9.89. The van der Waals surface area contributed by atoms with E-state index >= 15 is 0 Å². The maximum atomic E-state index is 5.87. The Labute approximate surface area is 104 Å². The van der Waals surface area contributed by atoms with Gasteiger partial charge in [-0.05, 0) is 31.1 Å². The number of ether oxygens (including phenoxy) is 1. The largest absolute Gasteiger partial charge is 0.376 e. The second-order valence-corrected chi connectivity index (χ2v) is 5.74. The SMILES string of the molecule is CC1(CN=C(N)NCC2CCCO2)CCCC1. The summed E-state index contributed by atoms with van der Waals surface area (Å²) in [5.41, 5.74) is 6.26. The van der Waals surface area contributed by atoms with Gasteiger partial charge in [-0.1, -0.05) is 19.8 Å². The Kier molecular flexibility index (Phi) is 4.26. The van der Waals surface area contributed by atoms with Gasteiger partial charge in [0.15, 0.2) is 5.96 Å². The first kappa shape index (κ1) is 12.7. The lowest BCUT2D eigenvalue weighted by molar-refractivity contribution is 0.114. The quantitative estimate of drug-likeness (QED) is 0.579. The van der Waals surface area contributed by atoms with Gasteiger partial charge >= 0.3 is 0 Å². The summed E-state index contributed by atoms with van der Waals surface area (Å²) < 4.78 is 5.53. The summed E-state index contributed by atoms with van der Waals surface area (Å²) in [6.07, 6.45) is 7.89. The van der Waals surface area contributed by atoms with Crippen LogP contribution in [0.3, 0.4) is 0 Å². The topological polar surface area (TPSA) is 59.6 Å². The molecule has 1 atom stereocenters. The molecular formula is C13H25N3O. The normalized spacial score (nSPS) is 28.5. The summed E-state index contributed by atoms with van der Waals surface area (Å²) in [4.78, 5) is 4.47. The number of hydrogen-bond acceptors (Lipinski definition) is 2. The van der Waals surface area contributed by atoms with Gasteiger partial charge in [-0.25, -0.2) is 0 Å². The van der Waals surface area contributed by atoms with Crippen molar-refractivity contribution in [3.05, 3.63) is 0 Å². The molecule has 0 aromatic rings. The molecule has 0 aromatic heterocycles. The highest BCUT2D eigenvalue weighted by Gasteiger charge is 2.28. The van der Waals surface area contributed by atoms with Gasteiger partial charge in [0.1, 0.15) is 0 Å². The van der Waals surface area contributed by atoms with E-state index in [0.29, 0.717) is 17.5 Å². The van der Waals surface area contributed by atoms with Crippen molar-refractivity contribution in [3.8, 4) is 0 Å². The third kappa shape index (κ3) is 3.87. The molecule has 4 heteroatoms. The lowest BCUT2D eigenvalue weighted by Gasteiger charge is -2.21. The van der Waals surface area contributed by atoms with Crippen molar-refractivity contribution in [3.63, 3.8) is 0 Å². The smallest absolute Gasteiger partial charge is 0.188 e. The molecule has 0 spiro atoms. The standard InChI is InChI=1S/C13H25N3O/c1-13(6-2-3-7-13)10-16-12(14)15-9-11-5-4-8-17-11/h11H,2-10H2,1H3,(H3,14,15,16). The maximum absolute atomic E-state index is 5.87. The van der Waals surface area contributed by atoms with E-state index in [-0.39, 0.29) is 0 Å². The van der Waals surface area contributed by atoms with Gasteiger partial charge in [0.25, 0.3) is 0 Å². The number of guanidine groups is 1. The first-order valence-corrected chi connectivity index (χ1v) is 6.83. The molecule has 1 saturated carbocycles. The lowest BCUT2D eigenvalue weighted by Crippen LogP contribution is -2.38. The van der Waals surface area contributed by atoms with E-state index in [9.17, 15) is 0 Å². The molecule has 17 heavy (non-hydrogen) atoms. The number of nitrogens with two attached hydrogens (primary N) is 1. The van der Waals surface area contributed by atoms with Crippen molar-refractivity contribution < 1.29 is 4.74 Å². The van der Waals surface area contributed by atoms with Gasteiger partial charge in [0.2, 0.25) is 0 Å². The minimum Gasteiger partial charge on any atom is -0.376 e. The van der Waals surface area contributed by atoms with Crippen LogP contribution in [0.5, 0.6) is 0 Å². The molecule has 1 saturated heterocycles. The van der Waals surface area contributed by atoms with Gasteiger partial charge in [-0.2, -0.15) is 0 Å². The summed E-state index contributed by atoms with van der Waals surface area (Å²) in [6.45, 7) is 4.86. The van der Waals surface area contributed by atoms with E-state index in [0.717, 1.165) is 26.1 Å². The molecule has 1 aliphatic carbocycles. The van der Waals surface area contributed by atoms with Gasteiger partial charge in [0, 0.05) is 19.7 Å². The van der Waals surface area contributed by atoms with Crippen LogP contribution >= 0.6 is 0 Å². The van der Waals surface area contributed by atoms with Gasteiger partial charge < -0.3 is 15.8 Å². The van der Waals surface area contributed by atoms with Crippen molar-refractivity contribution in [1.29, 1.82) is 0 Å². The predicted molar refractivity (Wildman–Crippen MR) is 70.0 cm³/mol. The predicted octanol–water partition coefficient (Wildman–Crippen LogP) is 1.65. The first-order valence-electron chi connectivity index (χ1n) is 6.83. The molecule has 0 aromatic carbocycles. The number of aliphatic imine (C=N–C) groups is 1. The Morgan fingerprint density at radius 1 is 1.41 bits per heavy atom. The van der Waals surface area contributed by atoms with E-state index < -0.39 is 0 Å². The molecule has 98 valence electrons. The summed E-state index contributed by atoms with van der Waals surface area (Å²) >= 11 is 0. The monoisotopic (exact) mass is 239 g/mol. The molecule has 4 nitrogen and oxygen atoms in total. The summed E-state index contributed by atoms with van der Waals surface area (Å²) in [5, 5.41) is 3.17.